The second kappa shape index (κ2) is 3.65. The third-order valence-corrected chi connectivity index (χ3v) is 3.88. The second-order valence-electron chi connectivity index (χ2n) is 3.16. The van der Waals surface area contributed by atoms with Gasteiger partial charge in [-0.3, -0.25) is 4.98 Å². The lowest BCUT2D eigenvalue weighted by atomic mass is 10.1. The summed E-state index contributed by atoms with van der Waals surface area (Å²) < 4.78 is 13.3. The van der Waals surface area contributed by atoms with Gasteiger partial charge in [0.2, 0.25) is 0 Å². The molecule has 1 saturated heterocycles. The van der Waals surface area contributed by atoms with Gasteiger partial charge in [-0.1, -0.05) is 6.07 Å². The first-order valence-electron chi connectivity index (χ1n) is 4.30. The lowest BCUT2D eigenvalue weighted by Crippen LogP contribution is -2.23. The number of pyridine rings is 1. The van der Waals surface area contributed by atoms with Crippen molar-refractivity contribution in [3.63, 3.8) is 0 Å². The van der Waals surface area contributed by atoms with Gasteiger partial charge in [0.05, 0.1) is 6.04 Å². The van der Waals surface area contributed by atoms with Crippen LogP contribution >= 0.6 is 0 Å². The zero-order valence-corrected chi connectivity index (χ0v) is 8.33. The maximum atomic E-state index is 11.4. The van der Waals surface area contributed by atoms with E-state index in [-0.39, 0.29) is 6.04 Å². The maximum absolute atomic E-state index is 11.4. The summed E-state index contributed by atoms with van der Waals surface area (Å²) in [6.07, 6.45) is 4.58. The molecule has 2 unspecified atom stereocenters. The summed E-state index contributed by atoms with van der Waals surface area (Å²) in [5, 5.41) is 0. The molecule has 2 atom stereocenters. The Kier molecular flexibility index (Phi) is 2.53. The molecular weight excluding hydrogens is 184 g/mol. The van der Waals surface area contributed by atoms with E-state index in [2.05, 4.69) is 4.98 Å². The van der Waals surface area contributed by atoms with Crippen LogP contribution in [0.2, 0.25) is 0 Å². The normalized spacial score (nSPS) is 29.4. The molecule has 3 nitrogen and oxygen atoms in total. The molecule has 2 rings (SSSR count). The van der Waals surface area contributed by atoms with Crippen molar-refractivity contribution >= 4 is 11.4 Å². The first-order valence-corrected chi connectivity index (χ1v) is 5.58. The number of hydrogen-bond acceptors (Lipinski definition) is 3. The molecule has 0 aliphatic carbocycles. The van der Waals surface area contributed by atoms with Crippen LogP contribution in [-0.4, -0.2) is 26.6 Å². The van der Waals surface area contributed by atoms with Crippen molar-refractivity contribution in [2.75, 3.05) is 12.8 Å². The van der Waals surface area contributed by atoms with E-state index in [1.807, 2.05) is 29.7 Å². The van der Waals surface area contributed by atoms with Crippen molar-refractivity contribution in [3.8, 4) is 0 Å². The van der Waals surface area contributed by atoms with Crippen LogP contribution in [0.5, 0.6) is 0 Å². The average Bonchev–Trinajstić information content (AvgIpc) is 2.49. The topological polar surface area (TPSA) is 39.2 Å². The highest BCUT2D eigenvalue weighted by Crippen LogP contribution is 2.31. The van der Waals surface area contributed by atoms with E-state index < -0.39 is 11.4 Å². The molecule has 0 amide bonds. The summed E-state index contributed by atoms with van der Waals surface area (Å²) >= 11 is -0.793. The van der Waals surface area contributed by atoms with Gasteiger partial charge in [0.25, 0.3) is 0 Å². The van der Waals surface area contributed by atoms with Gasteiger partial charge in [-0.2, -0.15) is 0 Å². The summed E-state index contributed by atoms with van der Waals surface area (Å²) in [5.74, 6) is 0.774. The van der Waals surface area contributed by atoms with Crippen molar-refractivity contribution in [3.05, 3.63) is 30.1 Å². The van der Waals surface area contributed by atoms with E-state index in [0.29, 0.717) is 0 Å². The minimum atomic E-state index is -0.793. The van der Waals surface area contributed by atoms with E-state index in [4.69, 9.17) is 0 Å². The number of nitrogens with zero attached hydrogens (tertiary/aromatic N) is 2. The number of hydrogen-bond donors (Lipinski definition) is 0. The van der Waals surface area contributed by atoms with Crippen LogP contribution in [0.4, 0.5) is 0 Å². The van der Waals surface area contributed by atoms with Crippen LogP contribution in [0.1, 0.15) is 18.0 Å². The third kappa shape index (κ3) is 1.70. The van der Waals surface area contributed by atoms with Gasteiger partial charge in [-0.25, -0.2) is 0 Å². The SMILES string of the molecule is CN1C(c2cccnc2)CC[S+]1[O-]. The highest BCUT2D eigenvalue weighted by atomic mass is 32.2. The van der Waals surface area contributed by atoms with Gasteiger partial charge in [0.15, 0.2) is 0 Å². The van der Waals surface area contributed by atoms with Crippen molar-refractivity contribution < 1.29 is 4.55 Å². The molecule has 4 heteroatoms. The fourth-order valence-electron chi connectivity index (χ4n) is 1.63. The number of rotatable bonds is 1. The van der Waals surface area contributed by atoms with Crippen LogP contribution in [0.25, 0.3) is 0 Å². The molecule has 70 valence electrons. The highest BCUT2D eigenvalue weighted by molar-refractivity contribution is 7.89. The van der Waals surface area contributed by atoms with Crippen LogP contribution in [-0.2, 0) is 11.4 Å². The molecule has 0 radical (unpaired) electrons. The summed E-state index contributed by atoms with van der Waals surface area (Å²) in [5.41, 5.74) is 1.16. The second-order valence-corrected chi connectivity index (χ2v) is 4.79. The Morgan fingerprint density at radius 1 is 1.69 bits per heavy atom. The zero-order valence-electron chi connectivity index (χ0n) is 7.51. The van der Waals surface area contributed by atoms with Gasteiger partial charge >= 0.3 is 0 Å². The molecule has 0 aromatic carbocycles. The van der Waals surface area contributed by atoms with Gasteiger partial charge in [0.1, 0.15) is 5.75 Å². The molecule has 0 N–H and O–H groups in total. The van der Waals surface area contributed by atoms with E-state index in [1.54, 1.807) is 6.20 Å². The van der Waals surface area contributed by atoms with Crippen molar-refractivity contribution in [2.45, 2.75) is 12.5 Å². The largest absolute Gasteiger partial charge is 0.598 e. The van der Waals surface area contributed by atoms with E-state index in [9.17, 15) is 4.55 Å². The molecule has 0 saturated carbocycles. The standard InChI is InChI=1S/C9H12N2OS/c1-11-9(4-6-13(11)12)8-3-2-5-10-7-8/h2-3,5,7,9H,4,6H2,1H3. The van der Waals surface area contributed by atoms with Gasteiger partial charge < -0.3 is 4.55 Å². The predicted octanol–water partition coefficient (Wildman–Crippen LogP) is 1.12. The fraction of sp³-hybridized carbons (Fsp3) is 0.444. The summed E-state index contributed by atoms with van der Waals surface area (Å²) in [7, 11) is 1.90. The lowest BCUT2D eigenvalue weighted by molar-refractivity contribution is 0.407. The molecule has 1 aliphatic heterocycles. The smallest absolute Gasteiger partial charge is 0.127 e. The maximum Gasteiger partial charge on any atom is 0.127 e. The Morgan fingerprint density at radius 2 is 2.54 bits per heavy atom. The first-order chi connectivity index (χ1) is 6.29. The molecule has 1 aromatic rings. The molecule has 1 aliphatic rings. The fourth-order valence-corrected chi connectivity index (χ4v) is 2.85. The van der Waals surface area contributed by atoms with Crippen molar-refractivity contribution in [1.29, 1.82) is 0 Å². The van der Waals surface area contributed by atoms with Gasteiger partial charge in [0, 0.05) is 37.2 Å². The molecule has 1 aromatic heterocycles. The van der Waals surface area contributed by atoms with Crippen LogP contribution < -0.4 is 0 Å². The van der Waals surface area contributed by atoms with E-state index in [0.717, 1.165) is 17.7 Å². The predicted molar refractivity (Wildman–Crippen MR) is 52.4 cm³/mol. The Labute approximate surface area is 81.1 Å². The third-order valence-electron chi connectivity index (χ3n) is 2.40. The van der Waals surface area contributed by atoms with Gasteiger partial charge in [-0.15, -0.1) is 4.31 Å². The average molecular weight is 196 g/mol. The Bertz CT molecular complexity index is 280. The van der Waals surface area contributed by atoms with E-state index in [1.165, 1.54) is 0 Å². The monoisotopic (exact) mass is 196 g/mol. The van der Waals surface area contributed by atoms with Crippen molar-refractivity contribution in [1.82, 2.24) is 9.29 Å². The molecule has 0 spiro atoms. The van der Waals surface area contributed by atoms with Gasteiger partial charge in [-0.05, 0) is 11.6 Å². The van der Waals surface area contributed by atoms with Crippen LogP contribution in [0, 0.1) is 0 Å². The van der Waals surface area contributed by atoms with Crippen LogP contribution in [0.15, 0.2) is 24.5 Å². The number of aromatic nitrogens is 1. The molecular formula is C9H12N2OS. The van der Waals surface area contributed by atoms with Crippen LogP contribution in [0.3, 0.4) is 0 Å². The Balaban J connectivity index is 2.19. The van der Waals surface area contributed by atoms with E-state index >= 15 is 0 Å². The molecule has 2 heterocycles. The Morgan fingerprint density at radius 3 is 3.08 bits per heavy atom. The summed E-state index contributed by atoms with van der Waals surface area (Å²) in [6, 6.07) is 4.25. The lowest BCUT2D eigenvalue weighted by Gasteiger charge is -2.17. The molecule has 0 bridgehead atoms. The molecule has 1 fully saturated rings. The quantitative estimate of drug-likeness (QED) is 0.632. The summed E-state index contributed by atoms with van der Waals surface area (Å²) in [6.45, 7) is 0. The minimum Gasteiger partial charge on any atom is -0.598 e. The first kappa shape index (κ1) is 8.99. The Hall–Kier alpha value is -0.580. The molecule has 13 heavy (non-hydrogen) atoms. The highest BCUT2D eigenvalue weighted by Gasteiger charge is 2.34. The minimum absolute atomic E-state index is 0.287. The summed E-state index contributed by atoms with van der Waals surface area (Å²) in [4.78, 5) is 4.06. The zero-order chi connectivity index (χ0) is 9.26. The van der Waals surface area contributed by atoms with Crippen molar-refractivity contribution in [2.24, 2.45) is 0 Å².